The number of ether oxygens (including phenoxy) is 1. The number of carboxylic acid groups (broad SMARTS) is 1. The molecule has 5 heterocycles. The van der Waals surface area contributed by atoms with Crippen LogP contribution >= 0.6 is 11.6 Å². The molecule has 15 heteroatoms. The third kappa shape index (κ3) is 8.51. The van der Waals surface area contributed by atoms with Crippen LogP contribution in [0.4, 0.5) is 16.3 Å². The van der Waals surface area contributed by atoms with Crippen molar-refractivity contribution < 1.29 is 29.0 Å². The molecule has 8 rings (SSSR count). The molecular formula is C45H53ClN8O6. The molecule has 2 aromatic carbocycles. The second-order valence-corrected chi connectivity index (χ2v) is 17.9. The number of pyridine rings is 1. The van der Waals surface area contributed by atoms with Crippen molar-refractivity contribution in [3.63, 3.8) is 0 Å². The molecule has 0 spiro atoms. The van der Waals surface area contributed by atoms with E-state index in [0.717, 1.165) is 80.8 Å². The highest BCUT2D eigenvalue weighted by Crippen LogP contribution is 2.55. The van der Waals surface area contributed by atoms with E-state index in [1.54, 1.807) is 29.3 Å². The van der Waals surface area contributed by atoms with Crippen molar-refractivity contribution in [3.8, 4) is 11.8 Å². The molecule has 60 heavy (non-hydrogen) atoms. The number of nitrogens with zero attached hydrogens (tertiary/aromatic N) is 6. The fourth-order valence-electron chi connectivity index (χ4n) is 10.1. The summed E-state index contributed by atoms with van der Waals surface area (Å²) >= 11 is 6.25. The quantitative estimate of drug-likeness (QED) is 0.151. The largest absolute Gasteiger partial charge is 0.489 e. The highest BCUT2D eigenvalue weighted by atomic mass is 35.5. The predicted octanol–water partition coefficient (Wildman–Crippen LogP) is 6.87. The summed E-state index contributed by atoms with van der Waals surface area (Å²) in [5, 5.41) is 23.2. The lowest BCUT2D eigenvalue weighted by molar-refractivity contribution is -0.164. The number of halogens is 1. The zero-order valence-corrected chi connectivity index (χ0v) is 35.3. The van der Waals surface area contributed by atoms with E-state index in [0.29, 0.717) is 46.8 Å². The molecule has 3 saturated heterocycles. The molecule has 316 valence electrons. The van der Waals surface area contributed by atoms with Crippen molar-refractivity contribution >= 4 is 58.3 Å². The fourth-order valence-corrected chi connectivity index (χ4v) is 10.3. The Morgan fingerprint density at radius 2 is 1.73 bits per heavy atom. The maximum atomic E-state index is 13.5. The number of amides is 4. The molecule has 14 nitrogen and oxygen atoms in total. The third-order valence-corrected chi connectivity index (χ3v) is 13.2. The highest BCUT2D eigenvalue weighted by molar-refractivity contribution is 6.31. The number of carbonyl (C=O) groups excluding carboxylic acids is 3. The maximum absolute atomic E-state index is 13.5. The number of carbonyl (C=O) groups is 4. The standard InChI is InChI=1S/C44H51ClN8O4.CH2O2/c1-43(2)40(44(3,4)41(43)57-32-10-8-29(25-46)34(45)24-32)49-39(55)30-9-11-37(47-26-30)51-20-12-28(13-21-51)27-50-18-14-31(15-19-50)52-22-16-33-35(52)6-5-7-36(33)53-23-17-38(54)48-42(53)56;2-1-3/h5-11,16,22,24,26,28,31,40-41H,12-15,17-21,23,27H2,1-4H3,(H,49,55)(H,48,54,56);1H,(H,2,3)/t40-,41-;. The first-order valence-electron chi connectivity index (χ1n) is 20.6. The van der Waals surface area contributed by atoms with Gasteiger partial charge in [0.15, 0.2) is 0 Å². The van der Waals surface area contributed by atoms with Gasteiger partial charge in [-0.3, -0.25) is 24.6 Å². The van der Waals surface area contributed by atoms with Crippen molar-refractivity contribution in [3.05, 3.63) is 83.1 Å². The number of rotatable bonds is 9. The fraction of sp³-hybridized carbons (Fsp3) is 0.467. The van der Waals surface area contributed by atoms with E-state index in [9.17, 15) is 19.6 Å². The van der Waals surface area contributed by atoms with Crippen LogP contribution in [0.3, 0.4) is 0 Å². The van der Waals surface area contributed by atoms with E-state index in [4.69, 9.17) is 31.2 Å². The predicted molar refractivity (Wildman–Crippen MR) is 229 cm³/mol. The lowest BCUT2D eigenvalue weighted by Gasteiger charge is -2.63. The normalized spacial score (nSPS) is 21.9. The molecule has 1 aliphatic carbocycles. The van der Waals surface area contributed by atoms with Gasteiger partial charge < -0.3 is 29.5 Å². The van der Waals surface area contributed by atoms with Crippen LogP contribution in [0.5, 0.6) is 5.75 Å². The number of nitrogens with one attached hydrogen (secondary N) is 2. The number of likely N-dealkylation sites (tertiary alicyclic amines) is 1. The van der Waals surface area contributed by atoms with Gasteiger partial charge >= 0.3 is 6.03 Å². The number of piperidine rings is 2. The number of nitriles is 1. The summed E-state index contributed by atoms with van der Waals surface area (Å²) in [6, 6.07) is 19.1. The monoisotopic (exact) mass is 836 g/mol. The molecule has 0 radical (unpaired) electrons. The van der Waals surface area contributed by atoms with Gasteiger partial charge in [-0.05, 0) is 74.1 Å². The van der Waals surface area contributed by atoms with Gasteiger partial charge in [-0.2, -0.15) is 5.26 Å². The molecule has 4 aliphatic rings. The van der Waals surface area contributed by atoms with Crippen molar-refractivity contribution in [1.29, 1.82) is 5.26 Å². The number of imide groups is 1. The van der Waals surface area contributed by atoms with Gasteiger partial charge in [-0.25, -0.2) is 9.78 Å². The first-order chi connectivity index (χ1) is 28.7. The minimum absolute atomic E-state index is 0.131. The van der Waals surface area contributed by atoms with Crippen LogP contribution in [-0.4, -0.2) is 95.3 Å². The number of anilines is 2. The molecule has 4 amide bonds. The van der Waals surface area contributed by atoms with Gasteiger partial charge in [0.25, 0.3) is 12.4 Å². The van der Waals surface area contributed by atoms with E-state index in [1.165, 1.54) is 0 Å². The molecular weight excluding hydrogens is 784 g/mol. The SMILES string of the molecule is CC1(C)[C@H](NC(=O)c2ccc(N3CCC(CN4CCC(n5ccc6c(N7CCC(=O)NC7=O)cccc65)CC4)CC3)nc2)C(C)(C)[C@H]1Oc1ccc(C#N)c(Cl)c1.O=CO. The van der Waals surface area contributed by atoms with Crippen LogP contribution in [0.2, 0.25) is 5.02 Å². The first kappa shape index (κ1) is 42.5. The topological polar surface area (TPSA) is 173 Å². The molecule has 0 atom stereocenters. The summed E-state index contributed by atoms with van der Waals surface area (Å²) in [5.41, 5.74) is 2.21. The first-order valence-corrected chi connectivity index (χ1v) is 21.0. The van der Waals surface area contributed by atoms with Gasteiger partial charge in [0.2, 0.25) is 5.91 Å². The van der Waals surface area contributed by atoms with Crippen LogP contribution in [0.1, 0.15) is 81.8 Å². The molecule has 0 bridgehead atoms. The van der Waals surface area contributed by atoms with E-state index in [2.05, 4.69) is 77.1 Å². The average Bonchev–Trinajstić information content (AvgIpc) is 3.67. The van der Waals surface area contributed by atoms with E-state index >= 15 is 0 Å². The Balaban J connectivity index is 0.00000176. The summed E-state index contributed by atoms with van der Waals surface area (Å²) in [4.78, 5) is 57.5. The van der Waals surface area contributed by atoms with Gasteiger partial charge in [0.05, 0.1) is 27.4 Å². The minimum atomic E-state index is -0.353. The second-order valence-electron chi connectivity index (χ2n) is 17.5. The summed E-state index contributed by atoms with van der Waals surface area (Å²) in [6.45, 7) is 13.6. The van der Waals surface area contributed by atoms with Gasteiger partial charge in [0, 0.05) is 92.4 Å². The molecule has 2 aromatic heterocycles. The van der Waals surface area contributed by atoms with Crippen molar-refractivity contribution in [2.24, 2.45) is 16.7 Å². The van der Waals surface area contributed by atoms with Gasteiger partial charge in [0.1, 0.15) is 23.7 Å². The Bertz CT molecular complexity index is 2250. The Labute approximate surface area is 355 Å². The van der Waals surface area contributed by atoms with Crippen molar-refractivity contribution in [2.45, 2.75) is 78.0 Å². The molecule has 1 saturated carbocycles. The number of urea groups is 1. The Morgan fingerprint density at radius 1 is 1.02 bits per heavy atom. The van der Waals surface area contributed by atoms with Crippen molar-refractivity contribution in [2.75, 3.05) is 49.1 Å². The van der Waals surface area contributed by atoms with Crippen molar-refractivity contribution in [1.82, 2.24) is 25.1 Å². The van der Waals surface area contributed by atoms with Crippen LogP contribution in [0, 0.1) is 28.1 Å². The number of benzene rings is 2. The second kappa shape index (κ2) is 17.5. The number of hydrogen-bond donors (Lipinski definition) is 3. The Morgan fingerprint density at radius 3 is 2.37 bits per heavy atom. The Hall–Kier alpha value is -5.65. The average molecular weight is 837 g/mol. The molecule has 3 aliphatic heterocycles. The van der Waals surface area contributed by atoms with E-state index in [1.807, 2.05) is 24.3 Å². The highest BCUT2D eigenvalue weighted by Gasteiger charge is 2.64. The lowest BCUT2D eigenvalue weighted by atomic mass is 9.49. The van der Waals surface area contributed by atoms with Crippen LogP contribution in [0.15, 0.2) is 67.0 Å². The number of hydrogen-bond acceptors (Lipinski definition) is 9. The zero-order valence-electron chi connectivity index (χ0n) is 34.6. The summed E-state index contributed by atoms with van der Waals surface area (Å²) in [5.74, 6) is 1.77. The van der Waals surface area contributed by atoms with Gasteiger partial charge in [-0.15, -0.1) is 0 Å². The molecule has 4 aromatic rings. The summed E-state index contributed by atoms with van der Waals surface area (Å²) in [7, 11) is 0. The number of fused-ring (bicyclic) bond motifs is 1. The maximum Gasteiger partial charge on any atom is 0.328 e. The van der Waals surface area contributed by atoms with Gasteiger partial charge in [-0.1, -0.05) is 45.4 Å². The summed E-state index contributed by atoms with van der Waals surface area (Å²) < 4.78 is 8.76. The van der Waals surface area contributed by atoms with E-state index < -0.39 is 0 Å². The molecule has 3 N–H and O–H groups in total. The lowest BCUT2D eigenvalue weighted by Crippen LogP contribution is -2.74. The van der Waals surface area contributed by atoms with Crippen LogP contribution in [0.25, 0.3) is 10.9 Å². The van der Waals surface area contributed by atoms with E-state index in [-0.39, 0.29) is 47.3 Å². The third-order valence-electron chi connectivity index (χ3n) is 12.9. The zero-order chi connectivity index (χ0) is 42.8. The Kier molecular flexibility index (Phi) is 12.4. The molecule has 0 unspecified atom stereocenters. The number of aromatic nitrogens is 2. The molecule has 4 fully saturated rings. The minimum Gasteiger partial charge on any atom is -0.489 e. The van der Waals surface area contributed by atoms with Crippen LogP contribution in [-0.2, 0) is 9.59 Å². The summed E-state index contributed by atoms with van der Waals surface area (Å²) in [6.07, 6.45) is 8.34. The van der Waals surface area contributed by atoms with Crippen LogP contribution < -0.4 is 25.2 Å². The smallest absolute Gasteiger partial charge is 0.328 e.